The molecule has 0 atom stereocenters. The Bertz CT molecular complexity index is 603. The third-order valence-corrected chi connectivity index (χ3v) is 3.32. The van der Waals surface area contributed by atoms with E-state index in [1.165, 1.54) is 0 Å². The lowest BCUT2D eigenvalue weighted by molar-refractivity contribution is 0.479. The smallest absolute Gasteiger partial charge is 0.147 e. The molecule has 1 N–H and O–H groups in total. The molecule has 0 saturated heterocycles. The van der Waals surface area contributed by atoms with Crippen molar-refractivity contribution in [2.75, 3.05) is 6.54 Å². The molecule has 1 aromatic carbocycles. The van der Waals surface area contributed by atoms with Gasteiger partial charge in [-0.25, -0.2) is 0 Å². The molecule has 0 unspecified atom stereocenters. The highest BCUT2D eigenvalue weighted by molar-refractivity contribution is 6.34. The van der Waals surface area contributed by atoms with Crippen LogP contribution >= 0.6 is 23.2 Å². The van der Waals surface area contributed by atoms with Crippen molar-refractivity contribution in [1.82, 2.24) is 10.3 Å². The lowest BCUT2D eigenvalue weighted by atomic mass is 10.2. The molecule has 0 aliphatic carbocycles. The minimum Gasteiger partial charge on any atom is -0.456 e. The molecule has 5 heteroatoms. The van der Waals surface area contributed by atoms with E-state index in [1.54, 1.807) is 30.5 Å². The van der Waals surface area contributed by atoms with Gasteiger partial charge in [0, 0.05) is 29.9 Å². The first-order valence-electron chi connectivity index (χ1n) is 6.83. The molecular weight excluding hydrogens is 307 g/mol. The average Bonchev–Trinajstić information content (AvgIpc) is 2.43. The van der Waals surface area contributed by atoms with Crippen LogP contribution in [0.4, 0.5) is 0 Å². The van der Waals surface area contributed by atoms with E-state index in [1.807, 2.05) is 6.07 Å². The van der Waals surface area contributed by atoms with Crippen LogP contribution in [-0.2, 0) is 6.54 Å². The number of nitrogens with zero attached hydrogens (tertiary/aromatic N) is 1. The van der Waals surface area contributed by atoms with Crippen LogP contribution in [0.1, 0.15) is 19.5 Å². The largest absolute Gasteiger partial charge is 0.456 e. The fourth-order valence-corrected chi connectivity index (χ4v) is 2.11. The quantitative estimate of drug-likeness (QED) is 0.818. The monoisotopic (exact) mass is 324 g/mol. The number of hydrogen-bond acceptors (Lipinski definition) is 3. The van der Waals surface area contributed by atoms with E-state index in [2.05, 4.69) is 24.1 Å². The third kappa shape index (κ3) is 5.20. The number of halogens is 2. The molecule has 3 nitrogen and oxygen atoms in total. The summed E-state index contributed by atoms with van der Waals surface area (Å²) in [6.45, 7) is 5.99. The second-order valence-corrected chi connectivity index (χ2v) is 6.03. The maximum atomic E-state index is 6.09. The van der Waals surface area contributed by atoms with E-state index >= 15 is 0 Å². The van der Waals surface area contributed by atoms with Crippen LogP contribution < -0.4 is 10.1 Å². The first-order valence-corrected chi connectivity index (χ1v) is 7.58. The summed E-state index contributed by atoms with van der Waals surface area (Å²) in [6.07, 6.45) is 1.72. The Morgan fingerprint density at radius 3 is 2.76 bits per heavy atom. The van der Waals surface area contributed by atoms with Gasteiger partial charge in [-0.1, -0.05) is 37.0 Å². The van der Waals surface area contributed by atoms with Crippen molar-refractivity contribution in [1.29, 1.82) is 0 Å². The van der Waals surface area contributed by atoms with Crippen LogP contribution in [0.3, 0.4) is 0 Å². The van der Waals surface area contributed by atoms with Crippen molar-refractivity contribution in [3.05, 3.63) is 52.3 Å². The summed E-state index contributed by atoms with van der Waals surface area (Å²) < 4.78 is 5.77. The van der Waals surface area contributed by atoms with Crippen molar-refractivity contribution in [2.24, 2.45) is 5.92 Å². The van der Waals surface area contributed by atoms with Crippen molar-refractivity contribution in [2.45, 2.75) is 20.4 Å². The van der Waals surface area contributed by atoms with Gasteiger partial charge < -0.3 is 10.1 Å². The van der Waals surface area contributed by atoms with Crippen LogP contribution in [0.5, 0.6) is 11.5 Å². The molecule has 0 spiro atoms. The van der Waals surface area contributed by atoms with Gasteiger partial charge in [-0.15, -0.1) is 0 Å². The highest BCUT2D eigenvalue weighted by Gasteiger charge is 2.05. The molecule has 0 amide bonds. The van der Waals surface area contributed by atoms with Crippen LogP contribution in [0.25, 0.3) is 0 Å². The lowest BCUT2D eigenvalue weighted by Gasteiger charge is -2.10. The van der Waals surface area contributed by atoms with Gasteiger partial charge in [0.15, 0.2) is 0 Å². The van der Waals surface area contributed by atoms with Gasteiger partial charge >= 0.3 is 0 Å². The van der Waals surface area contributed by atoms with E-state index in [0.717, 1.165) is 12.2 Å². The Balaban J connectivity index is 2.05. The molecule has 0 saturated carbocycles. The Morgan fingerprint density at radius 2 is 2.00 bits per heavy atom. The Kier molecular flexibility index (Phi) is 5.85. The summed E-state index contributed by atoms with van der Waals surface area (Å²) in [4.78, 5) is 4.32. The Hall–Kier alpha value is -1.29. The molecule has 0 aliphatic heterocycles. The van der Waals surface area contributed by atoms with Crippen molar-refractivity contribution < 1.29 is 4.74 Å². The molecule has 0 bridgehead atoms. The summed E-state index contributed by atoms with van der Waals surface area (Å²) in [7, 11) is 0. The summed E-state index contributed by atoms with van der Waals surface area (Å²) in [5, 5.41) is 4.46. The first-order chi connectivity index (χ1) is 10.0. The predicted octanol–water partition coefficient (Wildman–Crippen LogP) is 4.93. The van der Waals surface area contributed by atoms with Gasteiger partial charge in [0.2, 0.25) is 0 Å². The van der Waals surface area contributed by atoms with Gasteiger partial charge in [-0.3, -0.25) is 4.98 Å². The number of pyridine rings is 1. The zero-order chi connectivity index (χ0) is 15.2. The molecule has 1 aromatic heterocycles. The number of ether oxygens (including phenoxy) is 1. The predicted molar refractivity (Wildman–Crippen MR) is 87.3 cm³/mol. The van der Waals surface area contributed by atoms with E-state index in [9.17, 15) is 0 Å². The maximum Gasteiger partial charge on any atom is 0.147 e. The summed E-state index contributed by atoms with van der Waals surface area (Å²) in [5.41, 5.74) is 0.923. The first kappa shape index (κ1) is 16.1. The molecule has 0 fully saturated rings. The second kappa shape index (κ2) is 7.64. The normalized spacial score (nSPS) is 10.9. The zero-order valence-electron chi connectivity index (χ0n) is 12.1. The number of benzene rings is 1. The van der Waals surface area contributed by atoms with Gasteiger partial charge in [-0.2, -0.15) is 0 Å². The van der Waals surface area contributed by atoms with Crippen LogP contribution in [-0.4, -0.2) is 11.5 Å². The number of aromatic nitrogens is 1. The molecule has 1 heterocycles. The fraction of sp³-hybridized carbons (Fsp3) is 0.312. The van der Waals surface area contributed by atoms with E-state index in [4.69, 9.17) is 27.9 Å². The highest BCUT2D eigenvalue weighted by Crippen LogP contribution is 2.31. The molecule has 2 rings (SSSR count). The Morgan fingerprint density at radius 1 is 1.19 bits per heavy atom. The molecule has 21 heavy (non-hydrogen) atoms. The SMILES string of the molecule is CC(C)CNCc1cc(Oc2cc(Cl)ccc2Cl)ccn1. The van der Waals surface area contributed by atoms with E-state index in [0.29, 0.717) is 34.0 Å². The van der Waals surface area contributed by atoms with Crippen molar-refractivity contribution in [3.63, 3.8) is 0 Å². The molecule has 112 valence electrons. The Labute approximate surface area is 135 Å². The molecule has 2 aromatic rings. The van der Waals surface area contributed by atoms with Crippen molar-refractivity contribution >= 4 is 23.2 Å². The minimum atomic E-state index is 0.524. The third-order valence-electron chi connectivity index (χ3n) is 2.77. The molecular formula is C16H18Cl2N2O. The maximum absolute atomic E-state index is 6.09. The fourth-order valence-electron chi connectivity index (χ4n) is 1.79. The van der Waals surface area contributed by atoms with Gasteiger partial charge in [0.1, 0.15) is 11.5 Å². The molecule has 0 aliphatic rings. The average molecular weight is 325 g/mol. The highest BCUT2D eigenvalue weighted by atomic mass is 35.5. The standard InChI is InChI=1S/C16H18Cl2N2O/c1-11(2)9-19-10-13-8-14(5-6-20-13)21-16-7-12(17)3-4-15(16)18/h3-8,11,19H,9-10H2,1-2H3. The van der Waals surface area contributed by atoms with Gasteiger partial charge in [0.05, 0.1) is 10.7 Å². The summed E-state index contributed by atoms with van der Waals surface area (Å²) in [5.74, 6) is 1.83. The summed E-state index contributed by atoms with van der Waals surface area (Å²) in [6, 6.07) is 8.82. The zero-order valence-corrected chi connectivity index (χ0v) is 13.6. The number of nitrogens with one attached hydrogen (secondary N) is 1. The van der Waals surface area contributed by atoms with Crippen LogP contribution in [0, 0.1) is 5.92 Å². The van der Waals surface area contributed by atoms with E-state index < -0.39 is 0 Å². The van der Waals surface area contributed by atoms with E-state index in [-0.39, 0.29) is 0 Å². The molecule has 0 radical (unpaired) electrons. The second-order valence-electron chi connectivity index (χ2n) is 5.18. The van der Waals surface area contributed by atoms with Crippen molar-refractivity contribution in [3.8, 4) is 11.5 Å². The lowest BCUT2D eigenvalue weighted by Crippen LogP contribution is -2.19. The van der Waals surface area contributed by atoms with Crippen LogP contribution in [0.15, 0.2) is 36.5 Å². The number of hydrogen-bond donors (Lipinski definition) is 1. The van der Waals surface area contributed by atoms with Gasteiger partial charge in [0.25, 0.3) is 0 Å². The van der Waals surface area contributed by atoms with Crippen LogP contribution in [0.2, 0.25) is 10.0 Å². The van der Waals surface area contributed by atoms with Gasteiger partial charge in [-0.05, 0) is 30.7 Å². The topological polar surface area (TPSA) is 34.1 Å². The summed E-state index contributed by atoms with van der Waals surface area (Å²) >= 11 is 12.0. The number of rotatable bonds is 6. The minimum absolute atomic E-state index is 0.524.